The summed E-state index contributed by atoms with van der Waals surface area (Å²) >= 11 is 12.7. The van der Waals surface area contributed by atoms with Gasteiger partial charge in [0, 0.05) is 22.6 Å². The van der Waals surface area contributed by atoms with E-state index in [-0.39, 0.29) is 18.4 Å². The summed E-state index contributed by atoms with van der Waals surface area (Å²) in [4.78, 5) is 27.2. The van der Waals surface area contributed by atoms with Gasteiger partial charge in [-0.3, -0.25) is 9.59 Å². The Hall–Kier alpha value is -1.57. The SMILES string of the molecule is CC(C)CNC(=O)C(C)N(Cc1ccc(Br)cc1)C(=O)COc1ccc(Cl)cc1Br. The van der Waals surface area contributed by atoms with Crippen LogP contribution in [-0.2, 0) is 16.1 Å². The lowest BCUT2D eigenvalue weighted by atomic mass is 10.1. The predicted octanol–water partition coefficient (Wildman–Crippen LogP) is 5.43. The fraction of sp³-hybridized carbons (Fsp3) is 0.364. The Kier molecular flexibility index (Phi) is 9.65. The van der Waals surface area contributed by atoms with Crippen molar-refractivity contribution in [2.45, 2.75) is 33.4 Å². The van der Waals surface area contributed by atoms with Crippen molar-refractivity contribution >= 4 is 55.3 Å². The first kappa shape index (κ1) is 24.7. The molecule has 8 heteroatoms. The van der Waals surface area contributed by atoms with Crippen LogP contribution < -0.4 is 10.1 Å². The van der Waals surface area contributed by atoms with Gasteiger partial charge in [0.1, 0.15) is 11.8 Å². The van der Waals surface area contributed by atoms with Crippen LogP contribution in [0.5, 0.6) is 5.75 Å². The number of hydrogen-bond acceptors (Lipinski definition) is 3. The van der Waals surface area contributed by atoms with Crippen molar-refractivity contribution in [1.29, 1.82) is 0 Å². The minimum absolute atomic E-state index is 0.193. The van der Waals surface area contributed by atoms with Crippen molar-refractivity contribution in [2.24, 2.45) is 5.92 Å². The molecular weight excluding hydrogens is 536 g/mol. The van der Waals surface area contributed by atoms with Gasteiger partial charge in [0.15, 0.2) is 6.61 Å². The Morgan fingerprint density at radius 3 is 2.37 bits per heavy atom. The second-order valence-corrected chi connectivity index (χ2v) is 9.53. The summed E-state index contributed by atoms with van der Waals surface area (Å²) in [7, 11) is 0. The molecule has 0 bridgehead atoms. The minimum atomic E-state index is -0.642. The van der Waals surface area contributed by atoms with E-state index in [0.29, 0.717) is 34.3 Å². The number of ether oxygens (including phenoxy) is 1. The van der Waals surface area contributed by atoms with Crippen LogP contribution in [0.2, 0.25) is 5.02 Å². The third kappa shape index (κ3) is 7.60. The molecule has 2 aromatic rings. The second-order valence-electron chi connectivity index (χ2n) is 7.33. The van der Waals surface area contributed by atoms with Crippen LogP contribution in [0.3, 0.4) is 0 Å². The van der Waals surface area contributed by atoms with E-state index < -0.39 is 6.04 Å². The number of benzene rings is 2. The second kappa shape index (κ2) is 11.7. The topological polar surface area (TPSA) is 58.6 Å². The molecule has 0 radical (unpaired) electrons. The summed E-state index contributed by atoms with van der Waals surface area (Å²) in [5, 5.41) is 3.46. The summed E-state index contributed by atoms with van der Waals surface area (Å²) in [6.45, 7) is 6.43. The van der Waals surface area contributed by atoms with Crippen LogP contribution in [0, 0.1) is 5.92 Å². The Labute approximate surface area is 199 Å². The van der Waals surface area contributed by atoms with E-state index in [1.165, 1.54) is 4.90 Å². The summed E-state index contributed by atoms with van der Waals surface area (Å²) in [6.07, 6.45) is 0. The zero-order valence-corrected chi connectivity index (χ0v) is 21.1. The molecule has 0 saturated heterocycles. The van der Waals surface area contributed by atoms with Gasteiger partial charge in [-0.05, 0) is 64.7 Å². The van der Waals surface area contributed by atoms with Gasteiger partial charge in [-0.1, -0.05) is 53.5 Å². The van der Waals surface area contributed by atoms with Crippen molar-refractivity contribution in [2.75, 3.05) is 13.2 Å². The van der Waals surface area contributed by atoms with Crippen LogP contribution in [0.25, 0.3) is 0 Å². The average molecular weight is 561 g/mol. The molecule has 2 aromatic carbocycles. The van der Waals surface area contributed by atoms with Crippen molar-refractivity contribution in [3.05, 3.63) is 62.0 Å². The van der Waals surface area contributed by atoms with Crippen molar-refractivity contribution in [3.63, 3.8) is 0 Å². The molecular formula is C22H25Br2ClN2O3. The highest BCUT2D eigenvalue weighted by Crippen LogP contribution is 2.28. The Balaban J connectivity index is 2.14. The molecule has 2 rings (SSSR count). The number of carbonyl (C=O) groups is 2. The van der Waals surface area contributed by atoms with E-state index in [1.54, 1.807) is 25.1 Å². The summed E-state index contributed by atoms with van der Waals surface area (Å²) < 4.78 is 7.29. The third-order valence-electron chi connectivity index (χ3n) is 4.36. The molecule has 0 aliphatic carbocycles. The molecule has 2 amide bonds. The van der Waals surface area contributed by atoms with Gasteiger partial charge in [0.25, 0.3) is 5.91 Å². The van der Waals surface area contributed by atoms with Gasteiger partial charge in [-0.25, -0.2) is 0 Å². The van der Waals surface area contributed by atoms with E-state index in [4.69, 9.17) is 16.3 Å². The quantitative estimate of drug-likeness (QED) is 0.445. The van der Waals surface area contributed by atoms with Crippen molar-refractivity contribution in [3.8, 4) is 5.75 Å². The number of halogens is 3. The smallest absolute Gasteiger partial charge is 0.261 e. The number of rotatable bonds is 9. The normalized spacial score (nSPS) is 11.8. The van der Waals surface area contributed by atoms with Gasteiger partial charge in [0.2, 0.25) is 5.91 Å². The predicted molar refractivity (Wildman–Crippen MR) is 127 cm³/mol. The fourth-order valence-corrected chi connectivity index (χ4v) is 3.70. The summed E-state index contributed by atoms with van der Waals surface area (Å²) in [5.41, 5.74) is 0.919. The number of carbonyl (C=O) groups excluding carboxylic acids is 2. The Bertz CT molecular complexity index is 875. The first-order valence-corrected chi connectivity index (χ1v) is 11.5. The highest BCUT2D eigenvalue weighted by molar-refractivity contribution is 9.10. The fourth-order valence-electron chi connectivity index (χ4n) is 2.64. The summed E-state index contributed by atoms with van der Waals surface area (Å²) in [6, 6.07) is 12.1. The molecule has 0 aliphatic rings. The largest absolute Gasteiger partial charge is 0.483 e. The molecule has 30 heavy (non-hydrogen) atoms. The van der Waals surface area contributed by atoms with Gasteiger partial charge in [0.05, 0.1) is 4.47 Å². The highest BCUT2D eigenvalue weighted by atomic mass is 79.9. The van der Waals surface area contributed by atoms with Gasteiger partial charge in [-0.2, -0.15) is 0 Å². The van der Waals surface area contributed by atoms with E-state index in [9.17, 15) is 9.59 Å². The molecule has 0 heterocycles. The lowest BCUT2D eigenvalue weighted by Gasteiger charge is -2.29. The Morgan fingerprint density at radius 1 is 1.10 bits per heavy atom. The lowest BCUT2D eigenvalue weighted by molar-refractivity contribution is -0.142. The molecule has 0 spiro atoms. The first-order chi connectivity index (χ1) is 14.2. The van der Waals surface area contributed by atoms with Gasteiger partial charge >= 0.3 is 0 Å². The summed E-state index contributed by atoms with van der Waals surface area (Å²) in [5.74, 6) is 0.351. The maximum Gasteiger partial charge on any atom is 0.261 e. The van der Waals surface area contributed by atoms with E-state index in [0.717, 1.165) is 10.0 Å². The molecule has 0 aliphatic heterocycles. The lowest BCUT2D eigenvalue weighted by Crippen LogP contribution is -2.49. The molecule has 0 aromatic heterocycles. The molecule has 0 fully saturated rings. The standard InChI is InChI=1S/C22H25Br2ClN2O3/c1-14(2)11-26-22(29)15(3)27(12-16-4-6-17(23)7-5-16)21(28)13-30-20-9-8-18(25)10-19(20)24/h4-10,14-15H,11-13H2,1-3H3,(H,26,29). The van der Waals surface area contributed by atoms with Crippen molar-refractivity contribution in [1.82, 2.24) is 10.2 Å². The molecule has 1 atom stereocenters. The van der Waals surface area contributed by atoms with Gasteiger partial charge in [-0.15, -0.1) is 0 Å². The zero-order valence-electron chi connectivity index (χ0n) is 17.1. The van der Waals surface area contributed by atoms with Crippen LogP contribution in [-0.4, -0.2) is 35.9 Å². The van der Waals surface area contributed by atoms with Crippen LogP contribution in [0.15, 0.2) is 51.4 Å². The third-order valence-corrected chi connectivity index (χ3v) is 5.75. The van der Waals surface area contributed by atoms with Crippen molar-refractivity contribution < 1.29 is 14.3 Å². The van der Waals surface area contributed by atoms with Crippen LogP contribution >= 0.6 is 43.5 Å². The van der Waals surface area contributed by atoms with E-state index >= 15 is 0 Å². The maximum atomic E-state index is 13.0. The molecule has 162 valence electrons. The minimum Gasteiger partial charge on any atom is -0.483 e. The zero-order chi connectivity index (χ0) is 22.3. The van der Waals surface area contributed by atoms with Gasteiger partial charge < -0.3 is 15.0 Å². The molecule has 1 unspecified atom stereocenters. The number of nitrogens with zero attached hydrogens (tertiary/aromatic N) is 1. The van der Waals surface area contributed by atoms with E-state index in [1.807, 2.05) is 38.1 Å². The monoisotopic (exact) mass is 558 g/mol. The van der Waals surface area contributed by atoms with E-state index in [2.05, 4.69) is 37.2 Å². The number of hydrogen-bond donors (Lipinski definition) is 1. The maximum absolute atomic E-state index is 13.0. The van der Waals surface area contributed by atoms with Crippen LogP contribution in [0.4, 0.5) is 0 Å². The number of nitrogens with one attached hydrogen (secondary N) is 1. The molecule has 5 nitrogen and oxygen atoms in total. The van der Waals surface area contributed by atoms with Crippen LogP contribution in [0.1, 0.15) is 26.3 Å². The molecule has 0 saturated carbocycles. The average Bonchev–Trinajstić information content (AvgIpc) is 2.70. The first-order valence-electron chi connectivity index (χ1n) is 9.57. The Morgan fingerprint density at radius 2 is 1.77 bits per heavy atom. The number of amides is 2. The highest BCUT2D eigenvalue weighted by Gasteiger charge is 2.26. The molecule has 1 N–H and O–H groups in total.